The first-order valence-corrected chi connectivity index (χ1v) is 5.85. The van der Waals surface area contributed by atoms with E-state index >= 15 is 0 Å². The predicted molar refractivity (Wildman–Crippen MR) is 76.9 cm³/mol. The molecule has 2 rings (SSSR count). The Morgan fingerprint density at radius 1 is 1.23 bits per heavy atom. The number of rotatable bonds is 5. The number of aromatic hydroxyl groups is 1. The van der Waals surface area contributed by atoms with Crippen LogP contribution in [0.15, 0.2) is 41.6 Å². The first-order chi connectivity index (χ1) is 10.5. The first kappa shape index (κ1) is 14.8. The highest BCUT2D eigenvalue weighted by Gasteiger charge is 2.13. The molecule has 1 aromatic heterocycles. The summed E-state index contributed by atoms with van der Waals surface area (Å²) >= 11 is 0. The Bertz CT molecular complexity index is 761. The van der Waals surface area contributed by atoms with Crippen LogP contribution in [0, 0.1) is 20.2 Å². The summed E-state index contributed by atoms with van der Waals surface area (Å²) in [6.45, 7) is 0. The van der Waals surface area contributed by atoms with Crippen LogP contribution in [-0.4, -0.2) is 26.2 Å². The lowest BCUT2D eigenvalue weighted by molar-refractivity contribution is -0.384. The molecule has 0 spiro atoms. The predicted octanol–water partition coefficient (Wildman–Crippen LogP) is 2.05. The Balaban J connectivity index is 2.22. The van der Waals surface area contributed by atoms with Gasteiger partial charge in [0.15, 0.2) is 0 Å². The zero-order valence-electron chi connectivity index (χ0n) is 10.9. The van der Waals surface area contributed by atoms with E-state index in [2.05, 4.69) is 15.5 Å². The van der Waals surface area contributed by atoms with E-state index in [4.69, 9.17) is 0 Å². The molecular formula is C12H9N5O5. The fourth-order valence-electron chi connectivity index (χ4n) is 1.55. The Hall–Kier alpha value is -3.56. The highest BCUT2D eigenvalue weighted by molar-refractivity contribution is 5.85. The number of phenols is 1. The van der Waals surface area contributed by atoms with E-state index < -0.39 is 9.85 Å². The molecule has 10 nitrogen and oxygen atoms in total. The maximum Gasteiger partial charge on any atom is 0.313 e. The number of nitrogens with one attached hydrogen (secondary N) is 1. The van der Waals surface area contributed by atoms with Crippen molar-refractivity contribution in [3.8, 4) is 5.75 Å². The molecule has 0 radical (unpaired) electrons. The summed E-state index contributed by atoms with van der Waals surface area (Å²) in [5.74, 6) is -0.305. The molecule has 0 aliphatic rings. The Kier molecular flexibility index (Phi) is 4.22. The number of phenolic OH excluding ortho intramolecular Hbond substituents is 1. The van der Waals surface area contributed by atoms with Crippen molar-refractivity contribution in [2.45, 2.75) is 0 Å². The molecule has 2 aromatic rings. The van der Waals surface area contributed by atoms with Crippen LogP contribution in [0.1, 0.15) is 5.56 Å². The van der Waals surface area contributed by atoms with E-state index in [1.165, 1.54) is 18.3 Å². The molecular weight excluding hydrogens is 294 g/mol. The second-order valence-corrected chi connectivity index (χ2v) is 4.00. The number of nitrogens with zero attached hydrogens (tertiary/aromatic N) is 4. The molecule has 112 valence electrons. The average Bonchev–Trinajstić information content (AvgIpc) is 2.49. The van der Waals surface area contributed by atoms with Gasteiger partial charge in [-0.05, 0) is 12.1 Å². The zero-order valence-corrected chi connectivity index (χ0v) is 10.9. The third-order valence-corrected chi connectivity index (χ3v) is 2.58. The third-order valence-electron chi connectivity index (χ3n) is 2.58. The maximum atomic E-state index is 10.8. The molecule has 0 atom stereocenters. The van der Waals surface area contributed by atoms with Crippen LogP contribution in [-0.2, 0) is 0 Å². The average molecular weight is 303 g/mol. The number of hydrogen-bond donors (Lipinski definition) is 2. The normalized spacial score (nSPS) is 10.5. The number of benzene rings is 1. The number of non-ortho nitro benzene ring substituents is 1. The fraction of sp³-hybridized carbons (Fsp3) is 0. The molecule has 0 saturated carbocycles. The first-order valence-electron chi connectivity index (χ1n) is 5.85. The molecule has 0 fully saturated rings. The van der Waals surface area contributed by atoms with E-state index in [1.54, 1.807) is 0 Å². The van der Waals surface area contributed by atoms with Gasteiger partial charge in [-0.3, -0.25) is 25.7 Å². The van der Waals surface area contributed by atoms with Crippen molar-refractivity contribution in [1.82, 2.24) is 4.98 Å². The Morgan fingerprint density at radius 2 is 2.00 bits per heavy atom. The van der Waals surface area contributed by atoms with E-state index in [9.17, 15) is 25.3 Å². The maximum absolute atomic E-state index is 10.8. The van der Waals surface area contributed by atoms with Crippen molar-refractivity contribution < 1.29 is 15.0 Å². The zero-order chi connectivity index (χ0) is 16.1. The molecule has 1 aromatic carbocycles. The van der Waals surface area contributed by atoms with Crippen molar-refractivity contribution in [1.29, 1.82) is 0 Å². The largest absolute Gasteiger partial charge is 0.507 e. The van der Waals surface area contributed by atoms with Gasteiger partial charge in [0, 0.05) is 30.0 Å². The number of hydrogen-bond acceptors (Lipinski definition) is 8. The van der Waals surface area contributed by atoms with Crippen molar-refractivity contribution in [3.05, 3.63) is 62.3 Å². The molecule has 0 aliphatic heterocycles. The molecule has 22 heavy (non-hydrogen) atoms. The molecule has 0 unspecified atom stereocenters. The number of anilines is 1. The van der Waals surface area contributed by atoms with Crippen LogP contribution < -0.4 is 5.43 Å². The summed E-state index contributed by atoms with van der Waals surface area (Å²) in [5.41, 5.74) is 1.94. The molecule has 0 aliphatic carbocycles. The minimum atomic E-state index is -0.629. The van der Waals surface area contributed by atoms with Crippen LogP contribution in [0.4, 0.5) is 17.2 Å². The van der Waals surface area contributed by atoms with Crippen molar-refractivity contribution in [3.63, 3.8) is 0 Å². The monoisotopic (exact) mass is 303 g/mol. The van der Waals surface area contributed by atoms with Gasteiger partial charge in [0.1, 0.15) is 5.75 Å². The van der Waals surface area contributed by atoms with Crippen LogP contribution in [0.3, 0.4) is 0 Å². The number of hydrazone groups is 1. The van der Waals surface area contributed by atoms with Gasteiger partial charge in [-0.2, -0.15) is 5.10 Å². The minimum absolute atomic E-state index is 0.0836. The smallest absolute Gasteiger partial charge is 0.313 e. The lowest BCUT2D eigenvalue weighted by atomic mass is 10.2. The Labute approximate surface area is 123 Å². The molecule has 10 heteroatoms. The van der Waals surface area contributed by atoms with Crippen LogP contribution in [0.5, 0.6) is 5.75 Å². The molecule has 1 heterocycles. The second kappa shape index (κ2) is 6.26. The van der Waals surface area contributed by atoms with Gasteiger partial charge in [0.05, 0.1) is 16.1 Å². The minimum Gasteiger partial charge on any atom is -0.507 e. The number of aromatic nitrogens is 1. The van der Waals surface area contributed by atoms with Gasteiger partial charge in [-0.15, -0.1) is 0 Å². The van der Waals surface area contributed by atoms with E-state index in [1.807, 2.05) is 0 Å². The second-order valence-electron chi connectivity index (χ2n) is 4.00. The van der Waals surface area contributed by atoms with Gasteiger partial charge in [0.2, 0.25) is 5.82 Å². The van der Waals surface area contributed by atoms with E-state index in [0.29, 0.717) is 0 Å². The molecule has 0 bridgehead atoms. The lowest BCUT2D eigenvalue weighted by Gasteiger charge is -2.01. The van der Waals surface area contributed by atoms with Gasteiger partial charge in [-0.1, -0.05) is 0 Å². The SMILES string of the molecule is O=[N+]([O-])c1ccc(O)c(/C=N/Nc2ncccc2[N+](=O)[O-])c1. The van der Waals surface area contributed by atoms with Crippen molar-refractivity contribution in [2.24, 2.45) is 5.10 Å². The van der Waals surface area contributed by atoms with E-state index in [-0.39, 0.29) is 28.5 Å². The quantitative estimate of drug-likeness (QED) is 0.488. The molecule has 0 saturated heterocycles. The summed E-state index contributed by atoms with van der Waals surface area (Å²) in [6, 6.07) is 6.06. The summed E-state index contributed by atoms with van der Waals surface area (Å²) < 4.78 is 0. The van der Waals surface area contributed by atoms with Gasteiger partial charge in [0.25, 0.3) is 5.69 Å². The van der Waals surface area contributed by atoms with Crippen LogP contribution >= 0.6 is 0 Å². The topological polar surface area (TPSA) is 144 Å². The lowest BCUT2D eigenvalue weighted by Crippen LogP contribution is -1.99. The summed E-state index contributed by atoms with van der Waals surface area (Å²) in [4.78, 5) is 24.0. The van der Waals surface area contributed by atoms with Crippen molar-refractivity contribution >= 4 is 23.4 Å². The number of nitro benzene ring substituents is 1. The highest BCUT2D eigenvalue weighted by atomic mass is 16.6. The van der Waals surface area contributed by atoms with E-state index in [0.717, 1.165) is 24.4 Å². The summed E-state index contributed by atoms with van der Waals surface area (Å²) in [7, 11) is 0. The molecule has 0 amide bonds. The number of nitro groups is 2. The Morgan fingerprint density at radius 3 is 2.68 bits per heavy atom. The highest BCUT2D eigenvalue weighted by Crippen LogP contribution is 2.22. The van der Waals surface area contributed by atoms with Gasteiger partial charge in [-0.25, -0.2) is 4.98 Å². The van der Waals surface area contributed by atoms with Gasteiger partial charge < -0.3 is 5.11 Å². The standard InChI is InChI=1S/C12H9N5O5/c18-11-4-3-9(16(19)20)6-8(11)7-14-15-12-10(17(21)22)2-1-5-13-12/h1-7,18H,(H,13,15)/b14-7+. The fourth-order valence-corrected chi connectivity index (χ4v) is 1.55. The summed E-state index contributed by atoms with van der Waals surface area (Å²) in [6.07, 6.45) is 2.44. The summed E-state index contributed by atoms with van der Waals surface area (Å²) in [5, 5.41) is 34.7. The van der Waals surface area contributed by atoms with Gasteiger partial charge >= 0.3 is 5.69 Å². The third kappa shape index (κ3) is 3.30. The van der Waals surface area contributed by atoms with Crippen LogP contribution in [0.25, 0.3) is 0 Å². The van der Waals surface area contributed by atoms with Crippen LogP contribution in [0.2, 0.25) is 0 Å². The van der Waals surface area contributed by atoms with Crippen molar-refractivity contribution in [2.75, 3.05) is 5.43 Å². The number of pyridine rings is 1. The molecule has 2 N–H and O–H groups in total.